The van der Waals surface area contributed by atoms with Crippen LogP contribution in [-0.2, 0) is 24.8 Å². The van der Waals surface area contributed by atoms with E-state index in [9.17, 15) is 9.90 Å². The molecule has 1 N–H and O–H groups in total. The average Bonchev–Trinajstić information content (AvgIpc) is 2.84. The fourth-order valence-corrected chi connectivity index (χ4v) is 2.73. The van der Waals surface area contributed by atoms with E-state index in [0.717, 1.165) is 16.9 Å². The zero-order chi connectivity index (χ0) is 14.1. The van der Waals surface area contributed by atoms with Crippen LogP contribution in [0.15, 0.2) is 36.8 Å². The highest BCUT2D eigenvalue weighted by atomic mass is 16.4. The molecule has 3 rings (SSSR count). The lowest BCUT2D eigenvalue weighted by atomic mass is 9.92. The van der Waals surface area contributed by atoms with Crippen molar-refractivity contribution >= 4 is 11.7 Å². The van der Waals surface area contributed by atoms with Gasteiger partial charge in [-0.05, 0) is 18.1 Å². The Morgan fingerprint density at radius 3 is 2.95 bits per heavy atom. The minimum absolute atomic E-state index is 0.349. The number of hydrogen-bond donors (Lipinski definition) is 1. The van der Waals surface area contributed by atoms with E-state index in [2.05, 4.69) is 16.0 Å². The fraction of sp³-hybridized carbons (Fsp3) is 0.333. The van der Waals surface area contributed by atoms with Gasteiger partial charge in [0.1, 0.15) is 0 Å². The number of rotatable bonds is 3. The number of fused-ring (bicyclic) bond motifs is 1. The minimum atomic E-state index is -0.727. The Kier molecular flexibility index (Phi) is 3.18. The van der Waals surface area contributed by atoms with E-state index in [1.54, 1.807) is 6.33 Å². The first-order chi connectivity index (χ1) is 9.65. The predicted octanol–water partition coefficient (Wildman–Crippen LogP) is 1.68. The second-order valence-corrected chi connectivity index (χ2v) is 5.24. The zero-order valence-electron chi connectivity index (χ0n) is 11.4. The van der Waals surface area contributed by atoms with Crippen LogP contribution in [0.2, 0.25) is 0 Å². The molecule has 1 aliphatic rings. The fourth-order valence-electron chi connectivity index (χ4n) is 2.73. The summed E-state index contributed by atoms with van der Waals surface area (Å²) < 4.78 is 1.97. The van der Waals surface area contributed by atoms with Gasteiger partial charge in [0.05, 0.1) is 24.5 Å². The third-order valence-electron chi connectivity index (χ3n) is 3.86. The van der Waals surface area contributed by atoms with Gasteiger partial charge in [-0.1, -0.05) is 18.2 Å². The highest BCUT2D eigenvalue weighted by molar-refractivity contribution is 5.73. The quantitative estimate of drug-likeness (QED) is 0.923. The minimum Gasteiger partial charge on any atom is -0.481 e. The van der Waals surface area contributed by atoms with Crippen molar-refractivity contribution < 1.29 is 9.90 Å². The van der Waals surface area contributed by atoms with Gasteiger partial charge in [-0.15, -0.1) is 0 Å². The van der Waals surface area contributed by atoms with Gasteiger partial charge < -0.3 is 14.6 Å². The molecule has 0 amide bonds. The first-order valence-electron chi connectivity index (χ1n) is 6.66. The Hall–Kier alpha value is -2.30. The third kappa shape index (κ3) is 2.27. The average molecular weight is 271 g/mol. The summed E-state index contributed by atoms with van der Waals surface area (Å²) in [5, 5.41) is 9.32. The van der Waals surface area contributed by atoms with E-state index in [-0.39, 0.29) is 5.92 Å². The lowest BCUT2D eigenvalue weighted by Crippen LogP contribution is -2.38. The first kappa shape index (κ1) is 12.7. The van der Waals surface area contributed by atoms with Crippen molar-refractivity contribution in [3.63, 3.8) is 0 Å². The lowest BCUT2D eigenvalue weighted by molar-refractivity contribution is -0.141. The molecule has 104 valence electrons. The van der Waals surface area contributed by atoms with Gasteiger partial charge in [-0.3, -0.25) is 4.79 Å². The molecule has 1 unspecified atom stereocenters. The topological polar surface area (TPSA) is 58.4 Å². The van der Waals surface area contributed by atoms with E-state index in [4.69, 9.17) is 0 Å². The van der Waals surface area contributed by atoms with Gasteiger partial charge in [-0.25, -0.2) is 4.98 Å². The van der Waals surface area contributed by atoms with Crippen molar-refractivity contribution in [1.29, 1.82) is 0 Å². The Morgan fingerprint density at radius 2 is 2.25 bits per heavy atom. The number of para-hydroxylation sites is 1. The van der Waals surface area contributed by atoms with Crippen LogP contribution in [0.5, 0.6) is 0 Å². The molecule has 2 aromatic rings. The largest absolute Gasteiger partial charge is 0.481 e. The van der Waals surface area contributed by atoms with Gasteiger partial charge in [0.15, 0.2) is 0 Å². The third-order valence-corrected chi connectivity index (χ3v) is 3.86. The maximum Gasteiger partial charge on any atom is 0.308 e. The first-order valence-corrected chi connectivity index (χ1v) is 6.66. The number of hydrogen-bond acceptors (Lipinski definition) is 3. The van der Waals surface area contributed by atoms with E-state index in [0.29, 0.717) is 19.5 Å². The van der Waals surface area contributed by atoms with Crippen LogP contribution in [0, 0.1) is 5.92 Å². The molecule has 20 heavy (non-hydrogen) atoms. The molecule has 2 heterocycles. The summed E-state index contributed by atoms with van der Waals surface area (Å²) in [7, 11) is 1.95. The number of imidazole rings is 1. The lowest BCUT2D eigenvalue weighted by Gasteiger charge is -2.34. The summed E-state index contributed by atoms with van der Waals surface area (Å²) in [4.78, 5) is 17.6. The molecule has 1 aliphatic heterocycles. The molecule has 0 spiro atoms. The second-order valence-electron chi connectivity index (χ2n) is 5.24. The molecule has 0 aliphatic carbocycles. The molecular weight excluding hydrogens is 254 g/mol. The molecule has 1 aromatic carbocycles. The van der Waals surface area contributed by atoms with Crippen LogP contribution in [-0.4, -0.2) is 27.2 Å². The number of nitrogens with zero attached hydrogens (tertiary/aromatic N) is 3. The van der Waals surface area contributed by atoms with Gasteiger partial charge >= 0.3 is 5.97 Å². The van der Waals surface area contributed by atoms with Gasteiger partial charge in [0, 0.05) is 25.5 Å². The Labute approximate surface area is 117 Å². The van der Waals surface area contributed by atoms with E-state index in [1.807, 2.05) is 36.0 Å². The second kappa shape index (κ2) is 5.00. The SMILES string of the molecule is Cn1cncc1CN1CC(C(=O)O)Cc2ccccc21. The van der Waals surface area contributed by atoms with E-state index in [1.165, 1.54) is 0 Å². The highest BCUT2D eigenvalue weighted by Gasteiger charge is 2.29. The number of aryl methyl sites for hydroxylation is 1. The maximum atomic E-state index is 11.3. The number of carbonyl (C=O) groups is 1. The summed E-state index contributed by atoms with van der Waals surface area (Å²) in [5.74, 6) is -1.08. The summed E-state index contributed by atoms with van der Waals surface area (Å²) in [6.45, 7) is 1.22. The maximum absolute atomic E-state index is 11.3. The van der Waals surface area contributed by atoms with Crippen LogP contribution >= 0.6 is 0 Å². The molecule has 1 atom stereocenters. The van der Waals surface area contributed by atoms with Crippen LogP contribution in [0.4, 0.5) is 5.69 Å². The molecule has 0 bridgehead atoms. The summed E-state index contributed by atoms with van der Waals surface area (Å²) in [6, 6.07) is 8.03. The van der Waals surface area contributed by atoms with Crippen molar-refractivity contribution in [1.82, 2.24) is 9.55 Å². The van der Waals surface area contributed by atoms with E-state index >= 15 is 0 Å². The Morgan fingerprint density at radius 1 is 1.45 bits per heavy atom. The number of carboxylic acids is 1. The summed E-state index contributed by atoms with van der Waals surface area (Å²) >= 11 is 0. The standard InChI is InChI=1S/C15H17N3O2/c1-17-10-16-7-13(17)9-18-8-12(15(19)20)6-11-4-2-3-5-14(11)18/h2-5,7,10,12H,6,8-9H2,1H3,(H,19,20). The van der Waals surface area contributed by atoms with Gasteiger partial charge in [-0.2, -0.15) is 0 Å². The van der Waals surface area contributed by atoms with Gasteiger partial charge in [0.2, 0.25) is 0 Å². The smallest absolute Gasteiger partial charge is 0.308 e. The zero-order valence-corrected chi connectivity index (χ0v) is 11.4. The summed E-state index contributed by atoms with van der Waals surface area (Å²) in [6.07, 6.45) is 4.19. The molecular formula is C15H17N3O2. The van der Waals surface area contributed by atoms with Crippen LogP contribution in [0.3, 0.4) is 0 Å². The Bertz CT molecular complexity index is 636. The molecule has 0 saturated heterocycles. The normalized spacial score (nSPS) is 17.9. The molecule has 0 radical (unpaired) electrons. The highest BCUT2D eigenvalue weighted by Crippen LogP contribution is 2.30. The van der Waals surface area contributed by atoms with Gasteiger partial charge in [0.25, 0.3) is 0 Å². The molecule has 5 nitrogen and oxygen atoms in total. The monoisotopic (exact) mass is 271 g/mol. The number of aliphatic carboxylic acids is 1. The van der Waals surface area contributed by atoms with Crippen LogP contribution < -0.4 is 4.90 Å². The summed E-state index contributed by atoms with van der Waals surface area (Å²) in [5.41, 5.74) is 3.31. The van der Waals surface area contributed by atoms with E-state index < -0.39 is 5.97 Å². The van der Waals surface area contributed by atoms with Crippen LogP contribution in [0.1, 0.15) is 11.3 Å². The van der Waals surface area contributed by atoms with Crippen molar-refractivity contribution in [2.45, 2.75) is 13.0 Å². The number of benzene rings is 1. The molecule has 5 heteroatoms. The van der Waals surface area contributed by atoms with Crippen molar-refractivity contribution in [3.05, 3.63) is 48.0 Å². The molecule has 0 fully saturated rings. The molecule has 1 aromatic heterocycles. The Balaban J connectivity index is 1.92. The predicted molar refractivity (Wildman–Crippen MR) is 75.5 cm³/mol. The van der Waals surface area contributed by atoms with Crippen molar-refractivity contribution in [3.8, 4) is 0 Å². The van der Waals surface area contributed by atoms with Crippen molar-refractivity contribution in [2.75, 3.05) is 11.4 Å². The number of anilines is 1. The molecule has 0 saturated carbocycles. The van der Waals surface area contributed by atoms with Crippen LogP contribution in [0.25, 0.3) is 0 Å². The number of carboxylic acid groups (broad SMARTS) is 1. The number of aromatic nitrogens is 2. The van der Waals surface area contributed by atoms with Crippen molar-refractivity contribution in [2.24, 2.45) is 13.0 Å².